The summed E-state index contributed by atoms with van der Waals surface area (Å²) in [6.45, 7) is 5.64. The molecule has 2 aromatic rings. The number of hydrogen-bond acceptors (Lipinski definition) is 5. The molecule has 114 valence electrons. The Balaban J connectivity index is 1.99. The molecule has 1 heterocycles. The fourth-order valence-corrected chi connectivity index (χ4v) is 3.90. The zero-order valence-corrected chi connectivity index (χ0v) is 13.7. The van der Waals surface area contributed by atoms with Crippen molar-refractivity contribution in [1.29, 1.82) is 0 Å². The molecule has 1 aromatic heterocycles. The SMILES string of the molecule is CCNCc1ccc(CS(=O)(=O)Nc2ncc(C)s2)cc1. The van der Waals surface area contributed by atoms with E-state index in [9.17, 15) is 8.42 Å². The standard InChI is InChI=1S/C14H19N3O2S2/c1-3-15-9-12-4-6-13(7-5-12)10-21(18,19)17-14-16-8-11(2)20-14/h4-8,15H,3,9-10H2,1-2H3,(H,16,17). The summed E-state index contributed by atoms with van der Waals surface area (Å²) in [5, 5.41) is 3.64. The zero-order chi connectivity index (χ0) is 15.3. The molecular formula is C14H19N3O2S2. The summed E-state index contributed by atoms with van der Waals surface area (Å²) in [6, 6.07) is 7.58. The summed E-state index contributed by atoms with van der Waals surface area (Å²) >= 11 is 1.33. The molecule has 0 radical (unpaired) electrons. The molecule has 7 heteroatoms. The molecule has 0 aliphatic rings. The Hall–Kier alpha value is -1.44. The smallest absolute Gasteiger partial charge is 0.238 e. The van der Waals surface area contributed by atoms with Gasteiger partial charge in [0.15, 0.2) is 5.13 Å². The molecule has 0 aliphatic heterocycles. The molecule has 21 heavy (non-hydrogen) atoms. The van der Waals surface area contributed by atoms with Crippen molar-refractivity contribution in [3.05, 3.63) is 46.5 Å². The lowest BCUT2D eigenvalue weighted by Crippen LogP contribution is -2.15. The number of sulfonamides is 1. The van der Waals surface area contributed by atoms with Crippen molar-refractivity contribution in [1.82, 2.24) is 10.3 Å². The lowest BCUT2D eigenvalue weighted by molar-refractivity contribution is 0.600. The van der Waals surface area contributed by atoms with E-state index in [0.29, 0.717) is 5.13 Å². The molecule has 0 saturated carbocycles. The number of nitrogens with one attached hydrogen (secondary N) is 2. The Labute approximate surface area is 129 Å². The maximum Gasteiger partial charge on any atom is 0.238 e. The lowest BCUT2D eigenvalue weighted by Gasteiger charge is -2.07. The second-order valence-electron chi connectivity index (χ2n) is 4.73. The van der Waals surface area contributed by atoms with Crippen LogP contribution in [-0.2, 0) is 22.3 Å². The van der Waals surface area contributed by atoms with Crippen LogP contribution >= 0.6 is 11.3 Å². The van der Waals surface area contributed by atoms with Gasteiger partial charge in [0.25, 0.3) is 0 Å². The second-order valence-corrected chi connectivity index (χ2v) is 7.69. The highest BCUT2D eigenvalue weighted by Gasteiger charge is 2.13. The first-order valence-corrected chi connectivity index (χ1v) is 9.17. The van der Waals surface area contributed by atoms with E-state index in [4.69, 9.17) is 0 Å². The van der Waals surface area contributed by atoms with Gasteiger partial charge in [-0.15, -0.1) is 11.3 Å². The molecule has 0 bridgehead atoms. The highest BCUT2D eigenvalue weighted by molar-refractivity contribution is 7.92. The van der Waals surface area contributed by atoms with Gasteiger partial charge < -0.3 is 5.32 Å². The van der Waals surface area contributed by atoms with Gasteiger partial charge in [-0.25, -0.2) is 13.4 Å². The van der Waals surface area contributed by atoms with Gasteiger partial charge in [-0.3, -0.25) is 4.72 Å². The van der Waals surface area contributed by atoms with E-state index in [-0.39, 0.29) is 5.75 Å². The van der Waals surface area contributed by atoms with Crippen LogP contribution in [-0.4, -0.2) is 19.9 Å². The van der Waals surface area contributed by atoms with Crippen LogP contribution in [0.3, 0.4) is 0 Å². The van der Waals surface area contributed by atoms with Gasteiger partial charge in [0.2, 0.25) is 10.0 Å². The third-order valence-corrected chi connectivity index (χ3v) is 5.00. The first-order valence-electron chi connectivity index (χ1n) is 6.70. The summed E-state index contributed by atoms with van der Waals surface area (Å²) in [6.07, 6.45) is 1.65. The zero-order valence-electron chi connectivity index (χ0n) is 12.1. The monoisotopic (exact) mass is 325 g/mol. The molecule has 2 N–H and O–H groups in total. The van der Waals surface area contributed by atoms with E-state index < -0.39 is 10.0 Å². The van der Waals surface area contributed by atoms with Crippen molar-refractivity contribution >= 4 is 26.5 Å². The summed E-state index contributed by atoms with van der Waals surface area (Å²) in [4.78, 5) is 4.98. The number of rotatable bonds is 7. The topological polar surface area (TPSA) is 71.1 Å². The summed E-state index contributed by atoms with van der Waals surface area (Å²) < 4.78 is 26.7. The van der Waals surface area contributed by atoms with E-state index >= 15 is 0 Å². The summed E-state index contributed by atoms with van der Waals surface area (Å²) in [5.74, 6) is -0.0485. The van der Waals surface area contributed by atoms with E-state index in [2.05, 4.69) is 15.0 Å². The van der Waals surface area contributed by atoms with Crippen LogP contribution in [0, 0.1) is 6.92 Å². The van der Waals surface area contributed by atoms with Gasteiger partial charge in [-0.1, -0.05) is 31.2 Å². The fraction of sp³-hybridized carbons (Fsp3) is 0.357. The van der Waals surface area contributed by atoms with Gasteiger partial charge >= 0.3 is 0 Å². The number of hydrogen-bond donors (Lipinski definition) is 2. The number of benzene rings is 1. The van der Waals surface area contributed by atoms with Gasteiger partial charge in [0, 0.05) is 17.6 Å². The Morgan fingerprint density at radius 1 is 1.19 bits per heavy atom. The van der Waals surface area contributed by atoms with Gasteiger partial charge in [-0.05, 0) is 24.6 Å². The molecule has 0 spiro atoms. The Morgan fingerprint density at radius 3 is 2.43 bits per heavy atom. The summed E-state index contributed by atoms with van der Waals surface area (Å²) in [5.41, 5.74) is 1.90. The predicted molar refractivity (Wildman–Crippen MR) is 86.9 cm³/mol. The van der Waals surface area contributed by atoms with Crippen LogP contribution < -0.4 is 10.0 Å². The molecule has 0 amide bonds. The quantitative estimate of drug-likeness (QED) is 0.820. The lowest BCUT2D eigenvalue weighted by atomic mass is 10.1. The molecule has 0 saturated heterocycles. The van der Waals surface area contributed by atoms with Crippen LogP contribution in [0.2, 0.25) is 0 Å². The molecule has 0 atom stereocenters. The van der Waals surface area contributed by atoms with Crippen molar-refractivity contribution in [2.24, 2.45) is 0 Å². The first kappa shape index (κ1) is 15.9. The van der Waals surface area contributed by atoms with Crippen LogP contribution in [0.25, 0.3) is 0 Å². The molecular weight excluding hydrogens is 306 g/mol. The molecule has 0 unspecified atom stereocenters. The van der Waals surface area contributed by atoms with Crippen molar-refractivity contribution in [2.75, 3.05) is 11.3 Å². The average molecular weight is 325 g/mol. The second kappa shape index (κ2) is 7.02. The third kappa shape index (κ3) is 5.11. The maximum atomic E-state index is 12.1. The number of aryl methyl sites for hydroxylation is 1. The van der Waals surface area contributed by atoms with Crippen LogP contribution in [0.1, 0.15) is 22.9 Å². The Kier molecular flexibility index (Phi) is 5.33. The highest BCUT2D eigenvalue weighted by atomic mass is 32.2. The van der Waals surface area contributed by atoms with Crippen molar-refractivity contribution < 1.29 is 8.42 Å². The van der Waals surface area contributed by atoms with Gasteiger partial charge in [0.1, 0.15) is 0 Å². The Morgan fingerprint density at radius 2 is 1.86 bits per heavy atom. The normalized spacial score (nSPS) is 11.5. The van der Waals surface area contributed by atoms with Crippen molar-refractivity contribution in [3.63, 3.8) is 0 Å². The van der Waals surface area contributed by atoms with E-state index in [1.54, 1.807) is 6.20 Å². The minimum absolute atomic E-state index is 0.0485. The molecule has 5 nitrogen and oxygen atoms in total. The number of thiazole rings is 1. The fourth-order valence-electron chi connectivity index (χ4n) is 1.81. The minimum Gasteiger partial charge on any atom is -0.313 e. The van der Waals surface area contributed by atoms with Crippen molar-refractivity contribution in [2.45, 2.75) is 26.1 Å². The van der Waals surface area contributed by atoms with E-state index in [1.165, 1.54) is 11.3 Å². The van der Waals surface area contributed by atoms with Gasteiger partial charge in [0.05, 0.1) is 5.75 Å². The number of anilines is 1. The van der Waals surface area contributed by atoms with Crippen LogP contribution in [0.4, 0.5) is 5.13 Å². The average Bonchev–Trinajstić information content (AvgIpc) is 2.82. The van der Waals surface area contributed by atoms with Crippen LogP contribution in [0.15, 0.2) is 30.5 Å². The molecule has 2 rings (SSSR count). The minimum atomic E-state index is -3.42. The summed E-state index contributed by atoms with van der Waals surface area (Å²) in [7, 11) is -3.42. The molecule has 1 aromatic carbocycles. The Bertz CT molecular complexity index is 678. The number of nitrogens with zero attached hydrogens (tertiary/aromatic N) is 1. The van der Waals surface area contributed by atoms with E-state index in [1.807, 2.05) is 38.1 Å². The molecule has 0 fully saturated rings. The predicted octanol–water partition coefficient (Wildman–Crippen LogP) is 2.50. The van der Waals surface area contributed by atoms with Crippen LogP contribution in [0.5, 0.6) is 0 Å². The molecule has 0 aliphatic carbocycles. The maximum absolute atomic E-state index is 12.1. The van der Waals surface area contributed by atoms with Crippen molar-refractivity contribution in [3.8, 4) is 0 Å². The highest BCUT2D eigenvalue weighted by Crippen LogP contribution is 2.19. The third-order valence-electron chi connectivity index (χ3n) is 2.82. The number of aromatic nitrogens is 1. The van der Waals surface area contributed by atoms with Gasteiger partial charge in [-0.2, -0.15) is 0 Å². The van der Waals surface area contributed by atoms with E-state index in [0.717, 1.165) is 29.1 Å². The first-order chi connectivity index (χ1) is 9.98. The largest absolute Gasteiger partial charge is 0.313 e.